The average molecular weight is 301 g/mol. The number of nitrogens with one attached hydrogen (secondary N) is 1. The van der Waals surface area contributed by atoms with Crippen LogP contribution in [0.15, 0.2) is 30.6 Å². The van der Waals surface area contributed by atoms with Crippen molar-refractivity contribution in [3.63, 3.8) is 0 Å². The van der Waals surface area contributed by atoms with Crippen LogP contribution in [0.4, 0.5) is 0 Å². The van der Waals surface area contributed by atoms with Gasteiger partial charge in [-0.15, -0.1) is 5.10 Å². The van der Waals surface area contributed by atoms with Crippen LogP contribution in [0.2, 0.25) is 0 Å². The topological polar surface area (TPSA) is 64.9 Å². The van der Waals surface area contributed by atoms with Crippen LogP contribution in [0.3, 0.4) is 0 Å². The third-order valence-electron chi connectivity index (χ3n) is 4.18. The highest BCUT2D eigenvalue weighted by atomic mass is 16.5. The van der Waals surface area contributed by atoms with Gasteiger partial charge < -0.3 is 10.1 Å². The van der Waals surface area contributed by atoms with E-state index in [0.29, 0.717) is 0 Å². The number of hydrogen-bond acceptors (Lipinski definition) is 5. The number of rotatable bonds is 7. The first kappa shape index (κ1) is 15.0. The highest BCUT2D eigenvalue weighted by molar-refractivity contribution is 5.36. The van der Waals surface area contributed by atoms with E-state index in [9.17, 15) is 0 Å². The molecule has 2 aromatic rings. The molecule has 0 spiro atoms. The molecule has 6 heteroatoms. The quantitative estimate of drug-likeness (QED) is 0.794. The van der Waals surface area contributed by atoms with Gasteiger partial charge in [0.15, 0.2) is 0 Å². The third kappa shape index (κ3) is 4.27. The summed E-state index contributed by atoms with van der Waals surface area (Å²) in [5.41, 5.74) is 0.934. The minimum absolute atomic E-state index is 0.787. The minimum Gasteiger partial charge on any atom is -0.494 e. The zero-order valence-electron chi connectivity index (χ0n) is 12.8. The van der Waals surface area contributed by atoms with Gasteiger partial charge in [-0.25, -0.2) is 4.68 Å². The molecule has 1 fully saturated rings. The van der Waals surface area contributed by atoms with E-state index < -0.39 is 0 Å². The normalized spacial score (nSPS) is 15.8. The second kappa shape index (κ2) is 7.89. The number of piperidine rings is 1. The number of aromatic nitrogens is 4. The fourth-order valence-corrected chi connectivity index (χ4v) is 2.87. The molecule has 0 amide bonds. The van der Waals surface area contributed by atoms with Gasteiger partial charge >= 0.3 is 0 Å². The van der Waals surface area contributed by atoms with Crippen LogP contribution in [-0.4, -0.2) is 39.9 Å². The predicted molar refractivity (Wildman–Crippen MR) is 84.1 cm³/mol. The van der Waals surface area contributed by atoms with Gasteiger partial charge in [0.2, 0.25) is 0 Å². The number of hydrogen-bond donors (Lipinski definition) is 1. The highest BCUT2D eigenvalue weighted by Crippen LogP contribution is 2.19. The van der Waals surface area contributed by atoms with E-state index in [1.807, 2.05) is 24.3 Å². The molecule has 1 aromatic carbocycles. The summed E-state index contributed by atoms with van der Waals surface area (Å²) in [5, 5.41) is 14.5. The summed E-state index contributed by atoms with van der Waals surface area (Å²) in [5.74, 6) is 1.82. The Balaban J connectivity index is 1.35. The molecule has 1 aliphatic heterocycles. The fourth-order valence-electron chi connectivity index (χ4n) is 2.87. The summed E-state index contributed by atoms with van der Waals surface area (Å²) in [6.45, 7) is 3.17. The minimum atomic E-state index is 0.787. The molecule has 0 radical (unpaired) electrons. The SMILES string of the molecule is c1cc(-n2cnnn2)ccc1OCCCCC1CCNCC1. The Hall–Kier alpha value is -1.95. The molecule has 0 saturated carbocycles. The highest BCUT2D eigenvalue weighted by Gasteiger charge is 2.11. The Morgan fingerprint density at radius 3 is 2.68 bits per heavy atom. The molecular formula is C16H23N5O. The lowest BCUT2D eigenvalue weighted by molar-refractivity contribution is 0.287. The van der Waals surface area contributed by atoms with Crippen molar-refractivity contribution in [3.8, 4) is 11.4 Å². The molecule has 0 aliphatic carbocycles. The molecular weight excluding hydrogens is 278 g/mol. The van der Waals surface area contributed by atoms with Gasteiger partial charge in [0, 0.05) is 0 Å². The lowest BCUT2D eigenvalue weighted by Gasteiger charge is -2.22. The van der Waals surface area contributed by atoms with Gasteiger partial charge in [-0.05, 0) is 79.4 Å². The molecule has 0 atom stereocenters. The smallest absolute Gasteiger partial charge is 0.143 e. The standard InChI is InChI=1S/C16H23N5O/c1(3-14-8-10-17-11-9-14)2-12-22-16-6-4-15(5-7-16)21-13-18-19-20-21/h4-7,13-14,17H,1-3,8-12H2. The largest absolute Gasteiger partial charge is 0.494 e. The Morgan fingerprint density at radius 2 is 1.95 bits per heavy atom. The van der Waals surface area contributed by atoms with Crippen molar-refractivity contribution >= 4 is 0 Å². The lowest BCUT2D eigenvalue weighted by atomic mass is 9.93. The van der Waals surface area contributed by atoms with Gasteiger partial charge in [-0.3, -0.25) is 0 Å². The second-order valence-electron chi connectivity index (χ2n) is 5.79. The van der Waals surface area contributed by atoms with Crippen molar-refractivity contribution in [2.75, 3.05) is 19.7 Å². The lowest BCUT2D eigenvalue weighted by Crippen LogP contribution is -2.27. The maximum Gasteiger partial charge on any atom is 0.143 e. The molecule has 1 aliphatic rings. The summed E-state index contributed by atoms with van der Waals surface area (Å²) in [6, 6.07) is 7.84. The first-order chi connectivity index (χ1) is 10.9. The molecule has 0 bridgehead atoms. The van der Waals surface area contributed by atoms with E-state index >= 15 is 0 Å². The summed E-state index contributed by atoms with van der Waals surface area (Å²) < 4.78 is 7.42. The maximum absolute atomic E-state index is 5.79. The second-order valence-corrected chi connectivity index (χ2v) is 5.79. The van der Waals surface area contributed by atoms with Crippen molar-refractivity contribution < 1.29 is 4.74 Å². The fraction of sp³-hybridized carbons (Fsp3) is 0.562. The number of tetrazole rings is 1. The van der Waals surface area contributed by atoms with Crippen LogP contribution in [0, 0.1) is 5.92 Å². The van der Waals surface area contributed by atoms with Crippen molar-refractivity contribution in [1.82, 2.24) is 25.5 Å². The Bertz CT molecular complexity index is 534. The summed E-state index contributed by atoms with van der Waals surface area (Å²) in [4.78, 5) is 0. The number of unbranched alkanes of at least 4 members (excludes halogenated alkanes) is 1. The van der Waals surface area contributed by atoms with E-state index in [0.717, 1.165) is 30.4 Å². The monoisotopic (exact) mass is 301 g/mol. The third-order valence-corrected chi connectivity index (χ3v) is 4.18. The molecule has 0 unspecified atom stereocenters. The number of ether oxygens (including phenoxy) is 1. The van der Waals surface area contributed by atoms with Crippen LogP contribution >= 0.6 is 0 Å². The van der Waals surface area contributed by atoms with Gasteiger partial charge in [0.25, 0.3) is 0 Å². The molecule has 1 N–H and O–H groups in total. The molecule has 118 valence electrons. The Morgan fingerprint density at radius 1 is 1.14 bits per heavy atom. The molecule has 1 saturated heterocycles. The molecule has 3 rings (SSSR count). The van der Waals surface area contributed by atoms with Gasteiger partial charge in [0.05, 0.1) is 12.3 Å². The maximum atomic E-state index is 5.79. The van der Waals surface area contributed by atoms with Crippen molar-refractivity contribution in [2.24, 2.45) is 5.92 Å². The molecule has 22 heavy (non-hydrogen) atoms. The van der Waals surface area contributed by atoms with E-state index in [-0.39, 0.29) is 0 Å². The molecule has 6 nitrogen and oxygen atoms in total. The van der Waals surface area contributed by atoms with Crippen molar-refractivity contribution in [2.45, 2.75) is 32.1 Å². The Kier molecular flexibility index (Phi) is 5.37. The average Bonchev–Trinajstić information content (AvgIpc) is 3.11. The summed E-state index contributed by atoms with van der Waals surface area (Å²) >= 11 is 0. The number of nitrogens with zero attached hydrogens (tertiary/aromatic N) is 4. The molecule has 1 aromatic heterocycles. The molecule has 2 heterocycles. The van der Waals surface area contributed by atoms with Crippen LogP contribution in [0.25, 0.3) is 5.69 Å². The zero-order chi connectivity index (χ0) is 15.0. The van der Waals surface area contributed by atoms with Crippen molar-refractivity contribution in [1.29, 1.82) is 0 Å². The van der Waals surface area contributed by atoms with Crippen molar-refractivity contribution in [3.05, 3.63) is 30.6 Å². The van der Waals surface area contributed by atoms with E-state index in [2.05, 4.69) is 20.8 Å². The van der Waals surface area contributed by atoms with E-state index in [1.54, 1.807) is 11.0 Å². The van der Waals surface area contributed by atoms with Crippen LogP contribution in [-0.2, 0) is 0 Å². The van der Waals surface area contributed by atoms with E-state index in [1.165, 1.54) is 38.8 Å². The zero-order valence-corrected chi connectivity index (χ0v) is 12.8. The van der Waals surface area contributed by atoms with Crippen LogP contribution < -0.4 is 10.1 Å². The number of benzene rings is 1. The van der Waals surface area contributed by atoms with Crippen LogP contribution in [0.5, 0.6) is 5.75 Å². The first-order valence-electron chi connectivity index (χ1n) is 8.09. The predicted octanol–water partition coefficient (Wildman–Crippen LogP) is 2.21. The van der Waals surface area contributed by atoms with Gasteiger partial charge in [-0.2, -0.15) is 0 Å². The van der Waals surface area contributed by atoms with Crippen LogP contribution in [0.1, 0.15) is 32.1 Å². The van der Waals surface area contributed by atoms with Gasteiger partial charge in [0.1, 0.15) is 12.1 Å². The Labute approximate surface area is 130 Å². The van der Waals surface area contributed by atoms with E-state index in [4.69, 9.17) is 4.74 Å². The summed E-state index contributed by atoms with van der Waals surface area (Å²) in [6.07, 6.45) is 7.96. The van der Waals surface area contributed by atoms with Gasteiger partial charge in [-0.1, -0.05) is 6.42 Å². The first-order valence-corrected chi connectivity index (χ1v) is 8.09. The summed E-state index contributed by atoms with van der Waals surface area (Å²) in [7, 11) is 0.